The third kappa shape index (κ3) is 3.04. The van der Waals surface area contributed by atoms with Gasteiger partial charge in [-0.15, -0.1) is 0 Å². The van der Waals surface area contributed by atoms with Gasteiger partial charge in [0.05, 0.1) is 26.9 Å². The van der Waals surface area contributed by atoms with E-state index in [9.17, 15) is 23.3 Å². The molecule has 0 amide bonds. The number of nitro groups is 1. The average Bonchev–Trinajstić information content (AvgIpc) is 2.93. The summed E-state index contributed by atoms with van der Waals surface area (Å²) in [6, 6.07) is 9.94. The zero-order valence-corrected chi connectivity index (χ0v) is 14.7. The average molecular weight is 374 g/mol. The molecule has 0 saturated carbocycles. The summed E-state index contributed by atoms with van der Waals surface area (Å²) in [6.45, 7) is 2.99. The van der Waals surface area contributed by atoms with Gasteiger partial charge in [-0.3, -0.25) is 14.9 Å². The van der Waals surface area contributed by atoms with Gasteiger partial charge in [0.2, 0.25) is 0 Å². The van der Waals surface area contributed by atoms with Crippen molar-refractivity contribution in [2.75, 3.05) is 0 Å². The highest BCUT2D eigenvalue weighted by Crippen LogP contribution is 2.34. The van der Waals surface area contributed by atoms with Gasteiger partial charge in [-0.05, 0) is 25.1 Å². The number of carbonyl (C=O) groups is 1. The fourth-order valence-electron chi connectivity index (χ4n) is 2.53. The van der Waals surface area contributed by atoms with Crippen molar-refractivity contribution in [3.05, 3.63) is 64.3 Å². The Bertz CT molecular complexity index is 1130. The number of nitro benzene ring substituents is 1. The molecule has 3 rings (SSSR count). The first-order valence-electron chi connectivity index (χ1n) is 7.50. The van der Waals surface area contributed by atoms with Crippen molar-refractivity contribution in [1.82, 2.24) is 3.97 Å². The minimum atomic E-state index is -3.97. The van der Waals surface area contributed by atoms with Crippen molar-refractivity contribution in [3.63, 3.8) is 0 Å². The minimum absolute atomic E-state index is 0.0488. The van der Waals surface area contributed by atoms with E-state index in [0.717, 1.165) is 22.7 Å². The molecule has 0 saturated heterocycles. The van der Waals surface area contributed by atoms with Crippen LogP contribution in [0.5, 0.6) is 5.75 Å². The fraction of sp³-hybridized carbons (Fsp3) is 0.118. The van der Waals surface area contributed by atoms with E-state index >= 15 is 0 Å². The van der Waals surface area contributed by atoms with E-state index in [-0.39, 0.29) is 27.2 Å². The maximum atomic E-state index is 13.0. The quantitative estimate of drug-likeness (QED) is 0.394. The number of aryl methyl sites for hydroxylation is 1. The fourth-order valence-corrected chi connectivity index (χ4v) is 3.89. The smallest absolute Gasteiger partial charge is 0.308 e. The molecular formula is C17H14N2O6S. The van der Waals surface area contributed by atoms with Crippen LogP contribution in [0.15, 0.2) is 53.6 Å². The van der Waals surface area contributed by atoms with Gasteiger partial charge in [-0.1, -0.05) is 17.7 Å². The molecule has 0 spiro atoms. The lowest BCUT2D eigenvalue weighted by molar-refractivity contribution is -0.384. The van der Waals surface area contributed by atoms with E-state index < -0.39 is 20.9 Å². The Kier molecular flexibility index (Phi) is 4.25. The molecule has 0 aliphatic heterocycles. The van der Waals surface area contributed by atoms with Crippen LogP contribution in [-0.4, -0.2) is 23.3 Å². The predicted molar refractivity (Wildman–Crippen MR) is 93.7 cm³/mol. The van der Waals surface area contributed by atoms with Crippen LogP contribution in [0.3, 0.4) is 0 Å². The Morgan fingerprint density at radius 1 is 1.15 bits per heavy atom. The summed E-state index contributed by atoms with van der Waals surface area (Å²) in [5, 5.41) is 11.2. The largest absolute Gasteiger partial charge is 0.424 e. The van der Waals surface area contributed by atoms with Crippen molar-refractivity contribution >= 4 is 32.6 Å². The second kappa shape index (κ2) is 6.26. The van der Waals surface area contributed by atoms with E-state index in [2.05, 4.69) is 0 Å². The number of hydrogen-bond donors (Lipinski definition) is 0. The Balaban J connectivity index is 2.27. The van der Waals surface area contributed by atoms with E-state index in [4.69, 9.17) is 4.74 Å². The van der Waals surface area contributed by atoms with E-state index in [1.807, 2.05) is 6.92 Å². The van der Waals surface area contributed by atoms with Crippen LogP contribution in [0.25, 0.3) is 10.9 Å². The summed E-state index contributed by atoms with van der Waals surface area (Å²) >= 11 is 0. The van der Waals surface area contributed by atoms with Gasteiger partial charge in [0.1, 0.15) is 0 Å². The highest BCUT2D eigenvalue weighted by Gasteiger charge is 2.24. The highest BCUT2D eigenvalue weighted by molar-refractivity contribution is 7.90. The van der Waals surface area contributed by atoms with Gasteiger partial charge < -0.3 is 4.74 Å². The summed E-state index contributed by atoms with van der Waals surface area (Å²) in [7, 11) is -3.97. The second-order valence-electron chi connectivity index (χ2n) is 5.66. The van der Waals surface area contributed by atoms with Gasteiger partial charge in [0.25, 0.3) is 15.7 Å². The van der Waals surface area contributed by atoms with Gasteiger partial charge in [0, 0.05) is 19.1 Å². The summed E-state index contributed by atoms with van der Waals surface area (Å²) in [5.41, 5.74) is 0.835. The van der Waals surface area contributed by atoms with Crippen LogP contribution in [0.4, 0.5) is 5.69 Å². The van der Waals surface area contributed by atoms with Crippen LogP contribution in [0, 0.1) is 17.0 Å². The molecular weight excluding hydrogens is 360 g/mol. The molecule has 0 radical (unpaired) electrons. The monoisotopic (exact) mass is 374 g/mol. The lowest BCUT2D eigenvalue weighted by Crippen LogP contribution is -2.12. The normalized spacial score (nSPS) is 11.5. The number of ether oxygens (including phenoxy) is 1. The Morgan fingerprint density at radius 2 is 1.81 bits per heavy atom. The predicted octanol–water partition coefficient (Wildman–Crippen LogP) is 3.02. The van der Waals surface area contributed by atoms with Gasteiger partial charge >= 0.3 is 5.97 Å². The number of fused-ring (bicyclic) bond motifs is 1. The number of rotatable bonds is 4. The molecule has 9 heteroatoms. The maximum absolute atomic E-state index is 13.0. The first-order valence-corrected chi connectivity index (χ1v) is 8.94. The van der Waals surface area contributed by atoms with E-state index in [1.54, 1.807) is 12.1 Å². The van der Waals surface area contributed by atoms with Crippen molar-refractivity contribution in [1.29, 1.82) is 0 Å². The lowest BCUT2D eigenvalue weighted by Gasteiger charge is -2.07. The zero-order chi connectivity index (χ0) is 19.1. The summed E-state index contributed by atoms with van der Waals surface area (Å²) in [6.07, 6.45) is 1.14. The molecule has 26 heavy (non-hydrogen) atoms. The third-order valence-electron chi connectivity index (χ3n) is 3.76. The number of nitrogens with zero attached hydrogens (tertiary/aromatic N) is 2. The van der Waals surface area contributed by atoms with Crippen molar-refractivity contribution in [2.45, 2.75) is 18.7 Å². The molecule has 1 aromatic heterocycles. The zero-order valence-electron chi connectivity index (χ0n) is 13.9. The van der Waals surface area contributed by atoms with E-state index in [0.29, 0.717) is 0 Å². The molecule has 0 unspecified atom stereocenters. The topological polar surface area (TPSA) is 109 Å². The molecule has 0 aliphatic rings. The molecule has 0 N–H and O–H groups in total. The molecule has 3 aromatic rings. The second-order valence-corrected chi connectivity index (χ2v) is 7.47. The number of benzene rings is 2. The summed E-state index contributed by atoms with van der Waals surface area (Å²) < 4.78 is 31.9. The summed E-state index contributed by atoms with van der Waals surface area (Å²) in [5.74, 6) is -0.727. The Morgan fingerprint density at radius 3 is 2.38 bits per heavy atom. The minimum Gasteiger partial charge on any atom is -0.424 e. The van der Waals surface area contributed by atoms with Crippen molar-refractivity contribution in [3.8, 4) is 5.75 Å². The molecule has 1 heterocycles. The first kappa shape index (κ1) is 17.6. The number of hydrogen-bond acceptors (Lipinski definition) is 6. The molecule has 0 fully saturated rings. The van der Waals surface area contributed by atoms with Crippen LogP contribution >= 0.6 is 0 Å². The SMILES string of the molecule is CC(=O)Oc1cn(S(=O)(=O)c2ccc(C)cc2)c2ccc([N+](=O)[O-])cc12. The third-order valence-corrected chi connectivity index (χ3v) is 5.45. The van der Waals surface area contributed by atoms with Crippen molar-refractivity contribution < 1.29 is 22.9 Å². The molecule has 134 valence electrons. The van der Waals surface area contributed by atoms with Crippen LogP contribution in [0.2, 0.25) is 0 Å². The molecule has 8 nitrogen and oxygen atoms in total. The lowest BCUT2D eigenvalue weighted by atomic mass is 10.2. The van der Waals surface area contributed by atoms with Crippen molar-refractivity contribution in [2.24, 2.45) is 0 Å². The summed E-state index contributed by atoms with van der Waals surface area (Å²) in [4.78, 5) is 21.8. The molecule has 0 aliphatic carbocycles. The first-order chi connectivity index (χ1) is 12.2. The van der Waals surface area contributed by atoms with Gasteiger partial charge in [-0.2, -0.15) is 0 Å². The number of carbonyl (C=O) groups excluding carboxylic acids is 1. The highest BCUT2D eigenvalue weighted by atomic mass is 32.2. The molecule has 0 atom stereocenters. The van der Waals surface area contributed by atoms with Gasteiger partial charge in [-0.25, -0.2) is 12.4 Å². The Hall–Kier alpha value is -3.20. The molecule has 0 bridgehead atoms. The number of aromatic nitrogens is 1. The Labute approximate surface area is 148 Å². The standard InChI is InChI=1S/C17H14N2O6S/c1-11-3-6-14(7-4-11)26(23,24)18-10-17(25-12(2)20)15-9-13(19(21)22)5-8-16(15)18/h3-10H,1-2H3. The van der Waals surface area contributed by atoms with Crippen LogP contribution < -0.4 is 4.74 Å². The molecule has 2 aromatic carbocycles. The van der Waals surface area contributed by atoms with Crippen LogP contribution in [0.1, 0.15) is 12.5 Å². The number of non-ortho nitro benzene ring substituents is 1. The van der Waals surface area contributed by atoms with Gasteiger partial charge in [0.15, 0.2) is 5.75 Å². The van der Waals surface area contributed by atoms with E-state index in [1.165, 1.54) is 30.3 Å². The maximum Gasteiger partial charge on any atom is 0.308 e. The number of esters is 1. The van der Waals surface area contributed by atoms with Crippen LogP contribution in [-0.2, 0) is 14.8 Å².